The van der Waals surface area contributed by atoms with E-state index in [0.29, 0.717) is 0 Å². The molecular formula is C17H19N3O6S. The zero-order valence-electron chi connectivity index (χ0n) is 14.8. The van der Waals surface area contributed by atoms with E-state index in [4.69, 9.17) is 4.74 Å². The number of sulfonamides is 1. The van der Waals surface area contributed by atoms with Gasteiger partial charge in [-0.1, -0.05) is 17.7 Å². The summed E-state index contributed by atoms with van der Waals surface area (Å²) in [7, 11) is -2.38. The van der Waals surface area contributed by atoms with Crippen molar-refractivity contribution in [1.82, 2.24) is 4.72 Å². The zero-order chi connectivity index (χ0) is 20.0. The van der Waals surface area contributed by atoms with Crippen LogP contribution in [0.15, 0.2) is 47.4 Å². The molecule has 0 aromatic heterocycles. The summed E-state index contributed by atoms with van der Waals surface area (Å²) in [6.07, 6.45) is -0.120. The van der Waals surface area contributed by atoms with E-state index in [-0.39, 0.29) is 35.0 Å². The third kappa shape index (κ3) is 5.50. The van der Waals surface area contributed by atoms with Gasteiger partial charge >= 0.3 is 0 Å². The molecule has 0 radical (unpaired) electrons. The number of nitrogens with one attached hydrogen (secondary N) is 2. The van der Waals surface area contributed by atoms with Gasteiger partial charge in [-0.15, -0.1) is 0 Å². The summed E-state index contributed by atoms with van der Waals surface area (Å²) in [6.45, 7) is 1.75. The number of nitrogens with zero attached hydrogens (tertiary/aromatic N) is 1. The molecule has 0 fully saturated rings. The number of non-ortho nitro benzene ring substituents is 1. The van der Waals surface area contributed by atoms with Crippen molar-refractivity contribution in [2.45, 2.75) is 18.2 Å². The fourth-order valence-electron chi connectivity index (χ4n) is 2.21. The first-order chi connectivity index (χ1) is 12.7. The van der Waals surface area contributed by atoms with E-state index in [2.05, 4.69) is 10.0 Å². The molecule has 144 valence electrons. The Morgan fingerprint density at radius 1 is 1.19 bits per heavy atom. The lowest BCUT2D eigenvalue weighted by Crippen LogP contribution is -2.27. The van der Waals surface area contributed by atoms with E-state index < -0.39 is 20.9 Å². The molecule has 1 amide bonds. The molecule has 0 heterocycles. The molecule has 27 heavy (non-hydrogen) atoms. The Morgan fingerprint density at radius 3 is 2.44 bits per heavy atom. The van der Waals surface area contributed by atoms with Gasteiger partial charge in [0, 0.05) is 19.0 Å². The zero-order valence-corrected chi connectivity index (χ0v) is 15.6. The largest absolute Gasteiger partial charge is 0.494 e. The summed E-state index contributed by atoms with van der Waals surface area (Å²) in [5.74, 6) is -0.327. The molecule has 0 aliphatic carbocycles. The van der Waals surface area contributed by atoms with Gasteiger partial charge in [-0.3, -0.25) is 14.9 Å². The quantitative estimate of drug-likeness (QED) is 0.523. The summed E-state index contributed by atoms with van der Waals surface area (Å²) in [5.41, 5.74) is 1.02. The van der Waals surface area contributed by atoms with Crippen LogP contribution in [0.3, 0.4) is 0 Å². The van der Waals surface area contributed by atoms with Crippen LogP contribution in [0.25, 0.3) is 0 Å². The minimum atomic E-state index is -3.70. The Balaban J connectivity index is 1.95. The number of aryl methyl sites for hydroxylation is 1. The smallest absolute Gasteiger partial charge is 0.273 e. The van der Waals surface area contributed by atoms with Crippen molar-refractivity contribution in [1.29, 1.82) is 0 Å². The summed E-state index contributed by atoms with van der Waals surface area (Å²) in [6, 6.07) is 10.1. The average Bonchev–Trinajstić information content (AvgIpc) is 2.62. The van der Waals surface area contributed by atoms with E-state index in [0.717, 1.165) is 5.56 Å². The maximum Gasteiger partial charge on any atom is 0.273 e. The Morgan fingerprint density at radius 2 is 1.85 bits per heavy atom. The van der Waals surface area contributed by atoms with Crippen molar-refractivity contribution in [2.24, 2.45) is 0 Å². The fraction of sp³-hybridized carbons (Fsp3) is 0.235. The summed E-state index contributed by atoms with van der Waals surface area (Å²) in [5, 5.41) is 13.3. The molecule has 0 aliphatic rings. The molecule has 2 rings (SSSR count). The minimum absolute atomic E-state index is 0.0999. The predicted octanol–water partition coefficient (Wildman–Crippen LogP) is 2.22. The van der Waals surface area contributed by atoms with Gasteiger partial charge in [-0.05, 0) is 25.1 Å². The molecule has 0 unspecified atom stereocenters. The number of hydrogen-bond donors (Lipinski definition) is 2. The maximum atomic E-state index is 12.2. The van der Waals surface area contributed by atoms with Crippen molar-refractivity contribution < 1.29 is 22.9 Å². The molecule has 10 heteroatoms. The van der Waals surface area contributed by atoms with Gasteiger partial charge in [0.25, 0.3) is 5.69 Å². The van der Waals surface area contributed by atoms with Crippen molar-refractivity contribution in [3.05, 3.63) is 58.1 Å². The first-order valence-electron chi connectivity index (χ1n) is 7.91. The van der Waals surface area contributed by atoms with Crippen molar-refractivity contribution in [3.63, 3.8) is 0 Å². The Bertz CT molecular complexity index is 942. The number of ether oxygens (including phenoxy) is 1. The number of nitro benzene ring substituents is 1. The topological polar surface area (TPSA) is 128 Å². The Labute approximate surface area is 156 Å². The van der Waals surface area contributed by atoms with Crippen molar-refractivity contribution >= 4 is 27.3 Å². The third-order valence-corrected chi connectivity index (χ3v) is 5.12. The van der Waals surface area contributed by atoms with E-state index in [9.17, 15) is 23.3 Å². The lowest BCUT2D eigenvalue weighted by Gasteiger charge is -2.10. The first kappa shape index (κ1) is 20.3. The number of hydrogen-bond acceptors (Lipinski definition) is 6. The van der Waals surface area contributed by atoms with Crippen LogP contribution < -0.4 is 14.8 Å². The van der Waals surface area contributed by atoms with Crippen LogP contribution in [-0.4, -0.2) is 32.9 Å². The number of benzene rings is 2. The van der Waals surface area contributed by atoms with E-state index in [1.165, 1.54) is 37.4 Å². The highest BCUT2D eigenvalue weighted by Crippen LogP contribution is 2.29. The molecule has 0 spiro atoms. The lowest BCUT2D eigenvalue weighted by molar-refractivity contribution is -0.384. The molecule has 2 aromatic rings. The maximum absolute atomic E-state index is 12.2. The SMILES string of the molecule is COc1cc([N+](=O)[O-])ccc1NC(=O)CCNS(=O)(=O)c1ccc(C)cc1. The van der Waals surface area contributed by atoms with Gasteiger partial charge < -0.3 is 10.1 Å². The van der Waals surface area contributed by atoms with Gasteiger partial charge in [0.2, 0.25) is 15.9 Å². The second kappa shape index (κ2) is 8.60. The second-order valence-corrected chi connectivity index (χ2v) is 7.42. The highest BCUT2D eigenvalue weighted by Gasteiger charge is 2.16. The Hall–Kier alpha value is -2.98. The summed E-state index contributed by atoms with van der Waals surface area (Å²) in [4.78, 5) is 22.3. The number of nitro groups is 1. The minimum Gasteiger partial charge on any atom is -0.494 e. The van der Waals surface area contributed by atoms with E-state index in [1.807, 2.05) is 6.92 Å². The van der Waals surface area contributed by atoms with Gasteiger partial charge in [-0.2, -0.15) is 0 Å². The van der Waals surface area contributed by atoms with Crippen molar-refractivity contribution in [3.8, 4) is 5.75 Å². The van der Waals surface area contributed by atoms with Gasteiger partial charge in [0.15, 0.2) is 0 Å². The number of anilines is 1. The van der Waals surface area contributed by atoms with Crippen LogP contribution in [0.4, 0.5) is 11.4 Å². The Kier molecular flexibility index (Phi) is 6.48. The van der Waals surface area contributed by atoms with Gasteiger partial charge in [0.05, 0.1) is 28.7 Å². The molecule has 2 N–H and O–H groups in total. The molecule has 0 atom stereocenters. The number of methoxy groups -OCH3 is 1. The predicted molar refractivity (Wildman–Crippen MR) is 99.3 cm³/mol. The lowest BCUT2D eigenvalue weighted by atomic mass is 10.2. The van der Waals surface area contributed by atoms with Crippen LogP contribution in [0.5, 0.6) is 5.75 Å². The van der Waals surface area contributed by atoms with Crippen molar-refractivity contribution in [2.75, 3.05) is 19.0 Å². The molecule has 0 saturated heterocycles. The van der Waals surface area contributed by atoms with E-state index in [1.54, 1.807) is 12.1 Å². The third-order valence-electron chi connectivity index (χ3n) is 3.65. The molecule has 0 saturated carbocycles. The van der Waals surface area contributed by atoms with E-state index >= 15 is 0 Å². The van der Waals surface area contributed by atoms with Crippen LogP contribution in [0.2, 0.25) is 0 Å². The van der Waals surface area contributed by atoms with Crippen LogP contribution in [-0.2, 0) is 14.8 Å². The monoisotopic (exact) mass is 393 g/mol. The van der Waals surface area contributed by atoms with Crippen LogP contribution in [0.1, 0.15) is 12.0 Å². The standard InChI is InChI=1S/C17H19N3O6S/c1-12-3-6-14(7-4-12)27(24,25)18-10-9-17(21)19-15-8-5-13(20(22)23)11-16(15)26-2/h3-8,11,18H,9-10H2,1-2H3,(H,19,21). The molecule has 2 aromatic carbocycles. The highest BCUT2D eigenvalue weighted by atomic mass is 32.2. The number of amides is 1. The second-order valence-electron chi connectivity index (χ2n) is 5.65. The molecule has 0 bridgehead atoms. The first-order valence-corrected chi connectivity index (χ1v) is 9.40. The number of carbonyl (C=O) groups excluding carboxylic acids is 1. The fourth-order valence-corrected chi connectivity index (χ4v) is 3.24. The molecular weight excluding hydrogens is 374 g/mol. The van der Waals surface area contributed by atoms with Crippen LogP contribution >= 0.6 is 0 Å². The highest BCUT2D eigenvalue weighted by molar-refractivity contribution is 7.89. The number of carbonyl (C=O) groups is 1. The van der Waals surface area contributed by atoms with Crippen LogP contribution in [0, 0.1) is 17.0 Å². The molecule has 0 aliphatic heterocycles. The summed E-state index contributed by atoms with van der Waals surface area (Å²) < 4.78 is 31.7. The normalized spacial score (nSPS) is 11.0. The summed E-state index contributed by atoms with van der Waals surface area (Å²) >= 11 is 0. The number of rotatable bonds is 8. The van der Waals surface area contributed by atoms with Gasteiger partial charge in [0.1, 0.15) is 5.75 Å². The molecule has 9 nitrogen and oxygen atoms in total. The van der Waals surface area contributed by atoms with Gasteiger partial charge in [-0.25, -0.2) is 13.1 Å². The average molecular weight is 393 g/mol.